The predicted octanol–water partition coefficient (Wildman–Crippen LogP) is 1.90. The van der Waals surface area contributed by atoms with E-state index in [0.717, 1.165) is 49.8 Å². The highest BCUT2D eigenvalue weighted by molar-refractivity contribution is 6.05. The lowest BCUT2D eigenvalue weighted by Crippen LogP contribution is -2.51. The number of carbonyl (C=O) groups is 2. The summed E-state index contributed by atoms with van der Waals surface area (Å²) in [5, 5.41) is 13.5. The fourth-order valence-corrected chi connectivity index (χ4v) is 3.93. The van der Waals surface area contributed by atoms with Gasteiger partial charge < -0.3 is 15.5 Å². The minimum atomic E-state index is -0.632. The summed E-state index contributed by atoms with van der Waals surface area (Å²) in [6, 6.07) is 11.0. The van der Waals surface area contributed by atoms with E-state index in [-0.39, 0.29) is 17.9 Å². The van der Waals surface area contributed by atoms with Gasteiger partial charge in [0.05, 0.1) is 5.52 Å². The molecule has 0 bridgehead atoms. The summed E-state index contributed by atoms with van der Waals surface area (Å²) in [5.74, 6) is -0.519. The Bertz CT molecular complexity index is 1030. The average Bonchev–Trinajstić information content (AvgIpc) is 3.23. The van der Waals surface area contributed by atoms with Gasteiger partial charge in [-0.1, -0.05) is 18.2 Å². The number of carbonyl (C=O) groups excluding carboxylic acids is 2. The number of fused-ring (bicyclic) bond motifs is 1. The van der Waals surface area contributed by atoms with Crippen molar-refractivity contribution < 1.29 is 9.59 Å². The van der Waals surface area contributed by atoms with Crippen LogP contribution in [-0.4, -0.2) is 63.6 Å². The molecular weight excluding hydrogens is 392 g/mol. The zero-order valence-corrected chi connectivity index (χ0v) is 17.7. The number of para-hydroxylation sites is 1. The third-order valence-electron chi connectivity index (χ3n) is 5.83. The van der Waals surface area contributed by atoms with Crippen LogP contribution in [0.25, 0.3) is 10.9 Å². The molecule has 1 unspecified atom stereocenters. The molecule has 31 heavy (non-hydrogen) atoms. The third-order valence-corrected chi connectivity index (χ3v) is 5.83. The molecule has 0 spiro atoms. The molecule has 1 aromatic carbocycles. The normalized spacial score (nSPS) is 16.2. The van der Waals surface area contributed by atoms with Crippen LogP contribution in [0.2, 0.25) is 0 Å². The lowest BCUT2D eigenvalue weighted by Gasteiger charge is -2.32. The molecule has 8 nitrogen and oxygen atoms in total. The van der Waals surface area contributed by atoms with Gasteiger partial charge in [-0.15, -0.1) is 0 Å². The van der Waals surface area contributed by atoms with Gasteiger partial charge in [-0.25, -0.2) is 0 Å². The predicted molar refractivity (Wildman–Crippen MR) is 119 cm³/mol. The number of piperidine rings is 1. The largest absolute Gasteiger partial charge is 0.351 e. The number of aromatic nitrogens is 3. The smallest absolute Gasteiger partial charge is 0.273 e. The molecular formula is C23H28N6O2. The number of pyridine rings is 1. The van der Waals surface area contributed by atoms with Gasteiger partial charge >= 0.3 is 0 Å². The van der Waals surface area contributed by atoms with Crippen LogP contribution in [0, 0.1) is 0 Å². The molecule has 4 rings (SSSR count). The van der Waals surface area contributed by atoms with Crippen LogP contribution in [-0.2, 0) is 11.2 Å². The van der Waals surface area contributed by atoms with E-state index in [2.05, 4.69) is 42.8 Å². The number of hydrogen-bond acceptors (Lipinski definition) is 5. The van der Waals surface area contributed by atoms with Gasteiger partial charge in [0.1, 0.15) is 6.04 Å². The first-order valence-electron chi connectivity index (χ1n) is 10.8. The van der Waals surface area contributed by atoms with Crippen molar-refractivity contribution in [3.8, 4) is 0 Å². The second kappa shape index (κ2) is 9.70. The van der Waals surface area contributed by atoms with Crippen molar-refractivity contribution in [1.29, 1.82) is 0 Å². The quantitative estimate of drug-likeness (QED) is 0.542. The first-order valence-corrected chi connectivity index (χ1v) is 10.8. The van der Waals surface area contributed by atoms with Crippen LogP contribution in [0.4, 0.5) is 0 Å². The van der Waals surface area contributed by atoms with Gasteiger partial charge in [-0.05, 0) is 49.9 Å². The summed E-state index contributed by atoms with van der Waals surface area (Å²) in [6.07, 6.45) is 6.47. The van der Waals surface area contributed by atoms with Crippen LogP contribution in [0.15, 0.2) is 48.8 Å². The standard InChI is InChI=1S/C23H28N6O2/c1-16(25-23(31)21-19-4-2-3-5-20(19)27-28-21)22(30)26-18-9-14-29(15-10-18)13-8-17-6-11-24-12-7-17/h2-7,11-12,16,18H,8-10,13-15H2,1H3,(H,25,31)(H,26,30)(H,27,28). The van der Waals surface area contributed by atoms with E-state index in [0.29, 0.717) is 5.69 Å². The molecule has 0 saturated carbocycles. The summed E-state index contributed by atoms with van der Waals surface area (Å²) >= 11 is 0. The Balaban J connectivity index is 1.22. The lowest BCUT2D eigenvalue weighted by molar-refractivity contribution is -0.123. The molecule has 162 valence electrons. The molecule has 8 heteroatoms. The molecule has 3 N–H and O–H groups in total. The molecule has 3 heterocycles. The first kappa shape index (κ1) is 21.0. The van der Waals surface area contributed by atoms with Crippen molar-refractivity contribution in [1.82, 2.24) is 30.7 Å². The van der Waals surface area contributed by atoms with Crippen molar-refractivity contribution in [2.24, 2.45) is 0 Å². The molecule has 0 radical (unpaired) electrons. The van der Waals surface area contributed by atoms with Gasteiger partial charge in [0.15, 0.2) is 5.69 Å². The van der Waals surface area contributed by atoms with E-state index in [1.807, 2.05) is 36.7 Å². The minimum absolute atomic E-state index is 0.134. The number of rotatable bonds is 7. The van der Waals surface area contributed by atoms with Crippen molar-refractivity contribution in [2.45, 2.75) is 38.3 Å². The molecule has 1 aliphatic heterocycles. The van der Waals surface area contributed by atoms with Gasteiger partial charge in [-0.3, -0.25) is 19.7 Å². The summed E-state index contributed by atoms with van der Waals surface area (Å²) in [7, 11) is 0. The second-order valence-electron chi connectivity index (χ2n) is 8.04. The number of nitrogens with one attached hydrogen (secondary N) is 3. The minimum Gasteiger partial charge on any atom is -0.351 e. The fourth-order valence-electron chi connectivity index (χ4n) is 3.93. The summed E-state index contributed by atoms with van der Waals surface area (Å²) in [5.41, 5.74) is 2.39. The monoisotopic (exact) mass is 420 g/mol. The van der Waals surface area contributed by atoms with Gasteiger partial charge in [0.2, 0.25) is 5.91 Å². The number of H-pyrrole nitrogens is 1. The maximum Gasteiger partial charge on any atom is 0.273 e. The highest BCUT2D eigenvalue weighted by atomic mass is 16.2. The van der Waals surface area contributed by atoms with Gasteiger partial charge in [0, 0.05) is 43.5 Å². The number of benzene rings is 1. The Hall–Kier alpha value is -3.26. The first-order chi connectivity index (χ1) is 15.1. The molecule has 2 aromatic heterocycles. The highest BCUT2D eigenvalue weighted by Crippen LogP contribution is 2.15. The fraction of sp³-hybridized carbons (Fsp3) is 0.391. The zero-order chi connectivity index (χ0) is 21.6. The van der Waals surface area contributed by atoms with Crippen molar-refractivity contribution in [3.05, 3.63) is 60.0 Å². The molecule has 1 fully saturated rings. The summed E-state index contributed by atoms with van der Waals surface area (Å²) < 4.78 is 0. The van der Waals surface area contributed by atoms with Crippen LogP contribution in [0.5, 0.6) is 0 Å². The summed E-state index contributed by atoms with van der Waals surface area (Å²) in [6.45, 7) is 4.62. The van der Waals surface area contributed by atoms with Crippen molar-refractivity contribution in [3.63, 3.8) is 0 Å². The topological polar surface area (TPSA) is 103 Å². The Morgan fingerprint density at radius 2 is 1.90 bits per heavy atom. The average molecular weight is 421 g/mol. The van der Waals surface area contributed by atoms with Gasteiger partial charge in [-0.2, -0.15) is 5.10 Å². The second-order valence-corrected chi connectivity index (χ2v) is 8.04. The van der Waals surface area contributed by atoms with E-state index in [1.165, 1.54) is 5.56 Å². The van der Waals surface area contributed by atoms with Crippen LogP contribution < -0.4 is 10.6 Å². The van der Waals surface area contributed by atoms with Crippen LogP contribution in [0.3, 0.4) is 0 Å². The maximum absolute atomic E-state index is 12.6. The Kier molecular flexibility index (Phi) is 6.57. The van der Waals surface area contributed by atoms with Crippen molar-refractivity contribution in [2.75, 3.05) is 19.6 Å². The molecule has 1 atom stereocenters. The van der Waals surface area contributed by atoms with E-state index in [9.17, 15) is 9.59 Å². The molecule has 2 amide bonds. The third kappa shape index (κ3) is 5.27. The van der Waals surface area contributed by atoms with Crippen LogP contribution >= 0.6 is 0 Å². The molecule has 0 aliphatic carbocycles. The Labute approximate surface area is 181 Å². The zero-order valence-electron chi connectivity index (χ0n) is 17.7. The van der Waals surface area contributed by atoms with Crippen molar-refractivity contribution >= 4 is 22.7 Å². The van der Waals surface area contributed by atoms with E-state index < -0.39 is 6.04 Å². The molecule has 1 aliphatic rings. The van der Waals surface area contributed by atoms with Gasteiger partial charge in [0.25, 0.3) is 5.91 Å². The highest BCUT2D eigenvalue weighted by Gasteiger charge is 2.24. The number of likely N-dealkylation sites (tertiary alicyclic amines) is 1. The van der Waals surface area contributed by atoms with E-state index >= 15 is 0 Å². The number of nitrogens with zero attached hydrogens (tertiary/aromatic N) is 3. The maximum atomic E-state index is 12.6. The Morgan fingerprint density at radius 3 is 2.68 bits per heavy atom. The number of aromatic amines is 1. The van der Waals surface area contributed by atoms with E-state index in [4.69, 9.17) is 0 Å². The SMILES string of the molecule is CC(NC(=O)c1n[nH]c2ccccc12)C(=O)NC1CCN(CCc2ccncc2)CC1. The van der Waals surface area contributed by atoms with Crippen LogP contribution in [0.1, 0.15) is 35.8 Å². The summed E-state index contributed by atoms with van der Waals surface area (Å²) in [4.78, 5) is 31.7. The molecule has 1 saturated heterocycles. The molecule has 3 aromatic rings. The lowest BCUT2D eigenvalue weighted by atomic mass is 10.0. The van der Waals surface area contributed by atoms with E-state index in [1.54, 1.807) is 6.92 Å². The number of amides is 2. The Morgan fingerprint density at radius 1 is 1.16 bits per heavy atom. The number of hydrogen-bond donors (Lipinski definition) is 3.